The monoisotopic (exact) mass is 374 g/mol. The standard InChI is InChI=1S/C18H22N4O3S/c1-12-4-5-14(8-13(12)2)21-17-10-19-16(9-20-17)18(23)22(3)15-6-7-26(24,25)11-15/h4-5,8-10,15H,6-7,11H2,1-3H3,(H,20,21). The first-order chi connectivity index (χ1) is 12.2. The van der Waals surface area contributed by atoms with Gasteiger partial charge in [-0.3, -0.25) is 4.79 Å². The molecule has 8 heteroatoms. The quantitative estimate of drug-likeness (QED) is 0.881. The Hall–Kier alpha value is -2.48. The third-order valence-corrected chi connectivity index (χ3v) is 6.48. The van der Waals surface area contributed by atoms with E-state index in [1.165, 1.54) is 28.4 Å². The Morgan fingerprint density at radius 2 is 1.96 bits per heavy atom. The van der Waals surface area contributed by atoms with Crippen LogP contribution in [0.4, 0.5) is 11.5 Å². The van der Waals surface area contributed by atoms with Gasteiger partial charge in [0.2, 0.25) is 0 Å². The lowest BCUT2D eigenvalue weighted by Gasteiger charge is -2.22. The molecule has 1 fully saturated rings. The molecule has 1 saturated heterocycles. The van der Waals surface area contributed by atoms with Crippen molar-refractivity contribution < 1.29 is 13.2 Å². The molecular formula is C18H22N4O3S. The van der Waals surface area contributed by atoms with E-state index < -0.39 is 9.84 Å². The molecular weight excluding hydrogens is 352 g/mol. The molecule has 1 N–H and O–H groups in total. The predicted molar refractivity (Wildman–Crippen MR) is 100 cm³/mol. The summed E-state index contributed by atoms with van der Waals surface area (Å²) < 4.78 is 23.2. The Bertz CT molecular complexity index is 926. The Morgan fingerprint density at radius 3 is 2.54 bits per heavy atom. The van der Waals surface area contributed by atoms with Gasteiger partial charge in [0.25, 0.3) is 5.91 Å². The number of hydrogen-bond acceptors (Lipinski definition) is 6. The molecule has 0 bridgehead atoms. The number of sulfone groups is 1. The van der Waals surface area contributed by atoms with E-state index in [2.05, 4.69) is 15.3 Å². The van der Waals surface area contributed by atoms with Gasteiger partial charge in [-0.05, 0) is 43.5 Å². The maximum absolute atomic E-state index is 12.5. The number of rotatable bonds is 4. The Morgan fingerprint density at radius 1 is 1.19 bits per heavy atom. The van der Waals surface area contributed by atoms with Crippen LogP contribution in [0.5, 0.6) is 0 Å². The van der Waals surface area contributed by atoms with Gasteiger partial charge in [0, 0.05) is 18.8 Å². The molecule has 2 aromatic rings. The van der Waals surface area contributed by atoms with E-state index in [1.807, 2.05) is 32.0 Å². The first-order valence-corrected chi connectivity index (χ1v) is 10.2. The average molecular weight is 374 g/mol. The van der Waals surface area contributed by atoms with Crippen molar-refractivity contribution in [3.05, 3.63) is 47.4 Å². The zero-order valence-electron chi connectivity index (χ0n) is 15.1. The Balaban J connectivity index is 1.68. The molecule has 1 amide bonds. The van der Waals surface area contributed by atoms with E-state index >= 15 is 0 Å². The summed E-state index contributed by atoms with van der Waals surface area (Å²) >= 11 is 0. The van der Waals surface area contributed by atoms with Crippen LogP contribution < -0.4 is 5.32 Å². The fraction of sp³-hybridized carbons (Fsp3) is 0.389. The number of anilines is 2. The number of nitrogens with one attached hydrogen (secondary N) is 1. The molecule has 0 radical (unpaired) electrons. The van der Waals surface area contributed by atoms with Gasteiger partial charge >= 0.3 is 0 Å². The molecule has 1 atom stereocenters. The largest absolute Gasteiger partial charge is 0.339 e. The lowest BCUT2D eigenvalue weighted by molar-refractivity contribution is 0.0741. The first kappa shape index (κ1) is 18.3. The van der Waals surface area contributed by atoms with Gasteiger partial charge in [-0.25, -0.2) is 18.4 Å². The third kappa shape index (κ3) is 4.01. The fourth-order valence-electron chi connectivity index (χ4n) is 2.90. The number of aryl methyl sites for hydroxylation is 2. The number of amides is 1. The van der Waals surface area contributed by atoms with Crippen molar-refractivity contribution in [2.45, 2.75) is 26.3 Å². The number of carbonyl (C=O) groups is 1. The second-order valence-corrected chi connectivity index (χ2v) is 8.91. The minimum Gasteiger partial charge on any atom is -0.339 e. The van der Waals surface area contributed by atoms with Crippen molar-refractivity contribution in [2.75, 3.05) is 23.9 Å². The number of hydrogen-bond donors (Lipinski definition) is 1. The van der Waals surface area contributed by atoms with E-state index in [0.717, 1.165) is 5.69 Å². The van der Waals surface area contributed by atoms with Gasteiger partial charge in [0.15, 0.2) is 9.84 Å². The molecule has 1 aromatic carbocycles. The lowest BCUT2D eigenvalue weighted by Crippen LogP contribution is -2.38. The second kappa shape index (κ2) is 7.03. The van der Waals surface area contributed by atoms with Crippen LogP contribution in [-0.2, 0) is 9.84 Å². The van der Waals surface area contributed by atoms with Crippen LogP contribution in [0.25, 0.3) is 0 Å². The molecule has 26 heavy (non-hydrogen) atoms. The number of nitrogens with zero attached hydrogens (tertiary/aromatic N) is 3. The van der Waals surface area contributed by atoms with E-state index in [1.54, 1.807) is 7.05 Å². The summed E-state index contributed by atoms with van der Waals surface area (Å²) in [6.07, 6.45) is 3.37. The average Bonchev–Trinajstić information content (AvgIpc) is 2.97. The first-order valence-electron chi connectivity index (χ1n) is 8.39. The highest BCUT2D eigenvalue weighted by Crippen LogP contribution is 2.20. The van der Waals surface area contributed by atoms with E-state index in [4.69, 9.17) is 0 Å². The molecule has 138 valence electrons. The molecule has 0 saturated carbocycles. The second-order valence-electron chi connectivity index (χ2n) is 6.68. The zero-order valence-corrected chi connectivity index (χ0v) is 15.9. The summed E-state index contributed by atoms with van der Waals surface area (Å²) in [5.41, 5.74) is 3.47. The molecule has 1 unspecified atom stereocenters. The van der Waals surface area contributed by atoms with Crippen LogP contribution in [0, 0.1) is 13.8 Å². The van der Waals surface area contributed by atoms with Crippen molar-refractivity contribution in [3.63, 3.8) is 0 Å². The molecule has 1 aliphatic heterocycles. The summed E-state index contributed by atoms with van der Waals surface area (Å²) in [6.45, 7) is 4.08. The highest BCUT2D eigenvalue weighted by Gasteiger charge is 2.33. The van der Waals surface area contributed by atoms with Crippen molar-refractivity contribution in [1.82, 2.24) is 14.9 Å². The minimum atomic E-state index is -3.04. The third-order valence-electron chi connectivity index (χ3n) is 4.73. The van der Waals surface area contributed by atoms with Crippen LogP contribution in [0.3, 0.4) is 0 Å². The summed E-state index contributed by atoms with van der Waals surface area (Å²) in [4.78, 5) is 22.4. The molecule has 0 aliphatic carbocycles. The molecule has 1 aromatic heterocycles. The summed E-state index contributed by atoms with van der Waals surface area (Å²) in [6, 6.07) is 5.69. The molecule has 2 heterocycles. The molecule has 0 spiro atoms. The van der Waals surface area contributed by atoms with Gasteiger partial charge in [-0.2, -0.15) is 0 Å². The predicted octanol–water partition coefficient (Wildman–Crippen LogP) is 2.10. The topological polar surface area (TPSA) is 92.3 Å². The SMILES string of the molecule is Cc1ccc(Nc2cnc(C(=O)N(C)C3CCS(=O)(=O)C3)cn2)cc1C. The minimum absolute atomic E-state index is 0.00901. The van der Waals surface area contributed by atoms with Gasteiger partial charge in [-0.15, -0.1) is 0 Å². The van der Waals surface area contributed by atoms with Crippen molar-refractivity contribution in [3.8, 4) is 0 Å². The van der Waals surface area contributed by atoms with Crippen molar-refractivity contribution in [1.29, 1.82) is 0 Å². The van der Waals surface area contributed by atoms with Gasteiger partial charge < -0.3 is 10.2 Å². The highest BCUT2D eigenvalue weighted by atomic mass is 32.2. The van der Waals surface area contributed by atoms with E-state index in [-0.39, 0.29) is 29.1 Å². The van der Waals surface area contributed by atoms with E-state index in [0.29, 0.717) is 12.2 Å². The normalized spacial score (nSPS) is 18.5. The van der Waals surface area contributed by atoms with Gasteiger partial charge in [0.05, 0.1) is 23.9 Å². The van der Waals surface area contributed by atoms with Crippen LogP contribution >= 0.6 is 0 Å². The van der Waals surface area contributed by atoms with Crippen LogP contribution in [0.2, 0.25) is 0 Å². The molecule has 7 nitrogen and oxygen atoms in total. The maximum atomic E-state index is 12.5. The highest BCUT2D eigenvalue weighted by molar-refractivity contribution is 7.91. The van der Waals surface area contributed by atoms with Gasteiger partial charge in [-0.1, -0.05) is 6.07 Å². The number of aromatic nitrogens is 2. The van der Waals surface area contributed by atoms with Crippen molar-refractivity contribution >= 4 is 27.2 Å². The van der Waals surface area contributed by atoms with Crippen LogP contribution in [0.15, 0.2) is 30.6 Å². The summed E-state index contributed by atoms with van der Waals surface area (Å²) in [5, 5.41) is 3.16. The molecule has 1 aliphatic rings. The maximum Gasteiger partial charge on any atom is 0.274 e. The number of carbonyl (C=O) groups excluding carboxylic acids is 1. The molecule has 3 rings (SSSR count). The lowest BCUT2D eigenvalue weighted by atomic mass is 10.1. The van der Waals surface area contributed by atoms with Gasteiger partial charge in [0.1, 0.15) is 11.5 Å². The summed E-state index contributed by atoms with van der Waals surface area (Å²) in [5.74, 6) is 0.350. The smallest absolute Gasteiger partial charge is 0.274 e. The Labute approximate surface area is 153 Å². The van der Waals surface area contributed by atoms with Crippen LogP contribution in [-0.4, -0.2) is 53.8 Å². The number of benzene rings is 1. The van der Waals surface area contributed by atoms with E-state index in [9.17, 15) is 13.2 Å². The fourth-order valence-corrected chi connectivity index (χ4v) is 4.67. The Kier molecular flexibility index (Phi) is 4.95. The zero-order chi connectivity index (χ0) is 18.9. The van der Waals surface area contributed by atoms with Crippen molar-refractivity contribution in [2.24, 2.45) is 0 Å². The van der Waals surface area contributed by atoms with Crippen LogP contribution in [0.1, 0.15) is 28.0 Å². The summed E-state index contributed by atoms with van der Waals surface area (Å²) in [7, 11) is -1.44.